The highest BCUT2D eigenvalue weighted by atomic mass is 35.5. The Morgan fingerprint density at radius 1 is 0.829 bits per heavy atom. The Morgan fingerprint density at radius 3 is 2.34 bits per heavy atom. The Labute approximate surface area is 206 Å². The van der Waals surface area contributed by atoms with Gasteiger partial charge in [-0.05, 0) is 54.1 Å². The summed E-state index contributed by atoms with van der Waals surface area (Å²) >= 11 is 6.47. The number of ether oxygens (including phenoxy) is 1. The number of fused-ring (bicyclic) bond motifs is 1. The molecule has 0 radical (unpaired) electrons. The second kappa shape index (κ2) is 9.87. The molecule has 0 saturated carbocycles. The third kappa shape index (κ3) is 5.10. The van der Waals surface area contributed by atoms with Crippen LogP contribution in [0.3, 0.4) is 0 Å². The lowest BCUT2D eigenvalue weighted by Crippen LogP contribution is -2.12. The quantitative estimate of drug-likeness (QED) is 0.266. The Kier molecular flexibility index (Phi) is 6.33. The van der Waals surface area contributed by atoms with Crippen LogP contribution >= 0.6 is 11.6 Å². The van der Waals surface area contributed by atoms with Crippen LogP contribution in [0, 0.1) is 0 Å². The van der Waals surface area contributed by atoms with Crippen LogP contribution in [-0.2, 0) is 6.61 Å². The molecule has 0 unspecified atom stereocenters. The molecule has 5 nitrogen and oxygen atoms in total. The number of carbonyl (C=O) groups excluding carboxylic acids is 1. The molecule has 6 heteroatoms. The summed E-state index contributed by atoms with van der Waals surface area (Å²) in [7, 11) is 0. The lowest BCUT2D eigenvalue weighted by molar-refractivity contribution is 0.102. The molecule has 1 heterocycles. The highest BCUT2D eigenvalue weighted by molar-refractivity contribution is 6.33. The number of rotatable bonds is 6. The van der Waals surface area contributed by atoms with Crippen molar-refractivity contribution in [2.75, 3.05) is 5.32 Å². The summed E-state index contributed by atoms with van der Waals surface area (Å²) < 4.78 is 11.2. The first-order valence-electron chi connectivity index (χ1n) is 11.0. The van der Waals surface area contributed by atoms with Gasteiger partial charge in [0.25, 0.3) is 5.91 Å². The number of amides is 1. The van der Waals surface area contributed by atoms with E-state index in [1.807, 2.05) is 42.5 Å². The van der Waals surface area contributed by atoms with E-state index in [9.17, 15) is 9.59 Å². The molecule has 0 saturated heterocycles. The van der Waals surface area contributed by atoms with E-state index in [1.165, 1.54) is 0 Å². The van der Waals surface area contributed by atoms with Crippen molar-refractivity contribution in [3.8, 4) is 16.9 Å². The molecule has 4 aromatic carbocycles. The van der Waals surface area contributed by atoms with Gasteiger partial charge in [-0.15, -0.1) is 0 Å². The number of nitrogens with one attached hydrogen (secondary N) is 1. The molecule has 0 spiro atoms. The fourth-order valence-corrected chi connectivity index (χ4v) is 3.99. The first-order valence-corrected chi connectivity index (χ1v) is 11.4. The predicted molar refractivity (Wildman–Crippen MR) is 138 cm³/mol. The molecule has 0 aliphatic carbocycles. The zero-order valence-electron chi connectivity index (χ0n) is 18.5. The summed E-state index contributed by atoms with van der Waals surface area (Å²) in [4.78, 5) is 25.2. The van der Waals surface area contributed by atoms with E-state index in [4.69, 9.17) is 20.8 Å². The first-order chi connectivity index (χ1) is 17.1. The topological polar surface area (TPSA) is 68.5 Å². The van der Waals surface area contributed by atoms with Crippen LogP contribution in [0.1, 0.15) is 15.9 Å². The summed E-state index contributed by atoms with van der Waals surface area (Å²) in [5, 5.41) is 3.96. The zero-order valence-corrected chi connectivity index (χ0v) is 19.3. The van der Waals surface area contributed by atoms with E-state index in [0.29, 0.717) is 45.3 Å². The van der Waals surface area contributed by atoms with Crippen LogP contribution in [0.2, 0.25) is 5.02 Å². The van der Waals surface area contributed by atoms with Crippen LogP contribution in [0.5, 0.6) is 5.75 Å². The summed E-state index contributed by atoms with van der Waals surface area (Å²) in [6.07, 6.45) is 0. The molecule has 0 atom stereocenters. The van der Waals surface area contributed by atoms with Crippen molar-refractivity contribution in [3.05, 3.63) is 130 Å². The zero-order chi connectivity index (χ0) is 24.2. The largest absolute Gasteiger partial charge is 0.489 e. The van der Waals surface area contributed by atoms with E-state index in [2.05, 4.69) is 5.32 Å². The second-order valence-corrected chi connectivity index (χ2v) is 8.34. The van der Waals surface area contributed by atoms with Crippen LogP contribution in [0.4, 0.5) is 5.69 Å². The van der Waals surface area contributed by atoms with Gasteiger partial charge in [-0.3, -0.25) is 4.79 Å². The Bertz CT molecular complexity index is 1560. The minimum Gasteiger partial charge on any atom is -0.489 e. The highest BCUT2D eigenvalue weighted by Gasteiger charge is 2.13. The van der Waals surface area contributed by atoms with Crippen molar-refractivity contribution in [2.24, 2.45) is 0 Å². The Balaban J connectivity index is 1.28. The van der Waals surface area contributed by atoms with Crippen molar-refractivity contribution in [2.45, 2.75) is 6.61 Å². The van der Waals surface area contributed by atoms with Gasteiger partial charge < -0.3 is 14.5 Å². The standard InChI is InChI=1S/C29H20ClNO4/c30-26-17-22(12-15-24(26)25-16-21-8-4-5-9-27(21)35-29(25)33)31-28(32)20-10-13-23(14-11-20)34-18-19-6-2-1-3-7-19/h1-17H,18H2,(H,31,32). The third-order valence-electron chi connectivity index (χ3n) is 5.52. The third-order valence-corrected chi connectivity index (χ3v) is 5.84. The van der Waals surface area contributed by atoms with Gasteiger partial charge in [-0.1, -0.05) is 66.2 Å². The number of halogens is 1. The Hall–Kier alpha value is -4.35. The van der Waals surface area contributed by atoms with Crippen molar-refractivity contribution < 1.29 is 13.9 Å². The molecule has 35 heavy (non-hydrogen) atoms. The highest BCUT2D eigenvalue weighted by Crippen LogP contribution is 2.30. The normalized spacial score (nSPS) is 10.8. The van der Waals surface area contributed by atoms with Crippen LogP contribution in [0.25, 0.3) is 22.1 Å². The summed E-state index contributed by atoms with van der Waals surface area (Å²) in [6, 6.07) is 30.8. The minimum absolute atomic E-state index is 0.284. The van der Waals surface area contributed by atoms with E-state index >= 15 is 0 Å². The molecule has 1 N–H and O–H groups in total. The molecule has 5 rings (SSSR count). The van der Waals surface area contributed by atoms with E-state index in [-0.39, 0.29) is 5.91 Å². The maximum Gasteiger partial charge on any atom is 0.344 e. The van der Waals surface area contributed by atoms with Crippen LogP contribution in [0.15, 0.2) is 112 Å². The van der Waals surface area contributed by atoms with Crippen molar-refractivity contribution in [3.63, 3.8) is 0 Å². The van der Waals surface area contributed by atoms with Crippen molar-refractivity contribution in [1.29, 1.82) is 0 Å². The summed E-state index contributed by atoms with van der Waals surface area (Å²) in [5.41, 5.74) is 2.98. The Morgan fingerprint density at radius 2 is 1.57 bits per heavy atom. The van der Waals surface area contributed by atoms with Gasteiger partial charge in [0.15, 0.2) is 0 Å². The van der Waals surface area contributed by atoms with Crippen LogP contribution < -0.4 is 15.7 Å². The van der Waals surface area contributed by atoms with E-state index < -0.39 is 5.63 Å². The minimum atomic E-state index is -0.475. The molecular formula is C29H20ClNO4. The molecule has 172 valence electrons. The van der Waals surface area contributed by atoms with Gasteiger partial charge in [0.2, 0.25) is 0 Å². The molecular weight excluding hydrogens is 462 g/mol. The number of hydrogen-bond acceptors (Lipinski definition) is 4. The molecule has 1 amide bonds. The fraction of sp³-hybridized carbons (Fsp3) is 0.0345. The summed E-state index contributed by atoms with van der Waals surface area (Å²) in [6.45, 7) is 0.451. The summed E-state index contributed by atoms with van der Waals surface area (Å²) in [5.74, 6) is 0.390. The number of para-hydroxylation sites is 1. The first kappa shape index (κ1) is 22.4. The average Bonchev–Trinajstić information content (AvgIpc) is 2.88. The molecule has 0 bridgehead atoms. The van der Waals surface area contributed by atoms with Crippen molar-refractivity contribution in [1.82, 2.24) is 0 Å². The number of hydrogen-bond donors (Lipinski definition) is 1. The molecule has 5 aromatic rings. The smallest absolute Gasteiger partial charge is 0.344 e. The maximum absolute atomic E-state index is 12.7. The lowest BCUT2D eigenvalue weighted by atomic mass is 10.1. The maximum atomic E-state index is 12.7. The van der Waals surface area contributed by atoms with E-state index in [1.54, 1.807) is 60.7 Å². The molecule has 1 aromatic heterocycles. The predicted octanol–water partition coefficient (Wildman–Crippen LogP) is 6.94. The monoisotopic (exact) mass is 481 g/mol. The number of anilines is 1. The fourth-order valence-electron chi connectivity index (χ4n) is 3.71. The molecule has 0 fully saturated rings. The van der Waals surface area contributed by atoms with Gasteiger partial charge in [0.05, 0.1) is 10.6 Å². The van der Waals surface area contributed by atoms with Crippen molar-refractivity contribution >= 4 is 34.2 Å². The van der Waals surface area contributed by atoms with E-state index in [0.717, 1.165) is 10.9 Å². The molecule has 0 aliphatic heterocycles. The van der Waals surface area contributed by atoms with Crippen LogP contribution in [-0.4, -0.2) is 5.91 Å². The average molecular weight is 482 g/mol. The number of benzene rings is 4. The van der Waals surface area contributed by atoms with Gasteiger partial charge in [0.1, 0.15) is 17.9 Å². The number of carbonyl (C=O) groups is 1. The SMILES string of the molecule is O=C(Nc1ccc(-c2cc3ccccc3oc2=O)c(Cl)c1)c1ccc(OCc2ccccc2)cc1. The second-order valence-electron chi connectivity index (χ2n) is 7.93. The van der Waals surface area contributed by atoms with Gasteiger partial charge in [-0.25, -0.2) is 4.79 Å². The lowest BCUT2D eigenvalue weighted by Gasteiger charge is -2.10. The molecule has 0 aliphatic rings. The van der Waals surface area contributed by atoms with Gasteiger partial charge >= 0.3 is 5.63 Å². The van der Waals surface area contributed by atoms with Gasteiger partial charge in [-0.2, -0.15) is 0 Å². The van der Waals surface area contributed by atoms with Gasteiger partial charge in [0, 0.05) is 22.2 Å².